The van der Waals surface area contributed by atoms with Gasteiger partial charge in [0.25, 0.3) is 5.69 Å². The number of guanidine groups is 1. The molecule has 30 heavy (non-hydrogen) atoms. The lowest BCUT2D eigenvalue weighted by Crippen LogP contribution is -2.40. The minimum Gasteiger partial charge on any atom is -0.383 e. The molecule has 0 bridgehead atoms. The minimum atomic E-state index is -0.410. The Hall–Kier alpha value is -3.88. The number of nitrogens with one attached hydrogen (secondary N) is 3. The number of nitro groups is 1. The molecule has 0 atom stereocenters. The van der Waals surface area contributed by atoms with E-state index < -0.39 is 4.92 Å². The zero-order chi connectivity index (χ0) is 21.3. The zero-order valence-corrected chi connectivity index (χ0v) is 17.0. The fourth-order valence-electron chi connectivity index (χ4n) is 2.97. The number of H-pyrrole nitrogens is 1. The molecule has 0 saturated heterocycles. The first-order valence-electron chi connectivity index (χ1n) is 9.56. The van der Waals surface area contributed by atoms with Crippen LogP contribution in [0.3, 0.4) is 0 Å². The number of nitro benzene ring substituents is 1. The van der Waals surface area contributed by atoms with Gasteiger partial charge >= 0.3 is 0 Å². The Morgan fingerprint density at radius 3 is 2.57 bits per heavy atom. The Morgan fingerprint density at radius 1 is 1.17 bits per heavy atom. The van der Waals surface area contributed by atoms with Crippen molar-refractivity contribution in [3.63, 3.8) is 0 Å². The maximum Gasteiger partial charge on any atom is 0.269 e. The van der Waals surface area contributed by atoms with Crippen molar-refractivity contribution in [2.24, 2.45) is 4.99 Å². The molecular formula is C21H25N7O2. The fourth-order valence-corrected chi connectivity index (χ4v) is 2.97. The van der Waals surface area contributed by atoms with E-state index in [1.165, 1.54) is 12.1 Å². The van der Waals surface area contributed by atoms with Gasteiger partial charge in [0, 0.05) is 45.0 Å². The third-order valence-corrected chi connectivity index (χ3v) is 4.49. The van der Waals surface area contributed by atoms with Gasteiger partial charge in [-0.25, -0.2) is 4.98 Å². The molecule has 156 valence electrons. The van der Waals surface area contributed by atoms with Gasteiger partial charge < -0.3 is 20.5 Å². The normalized spacial score (nSPS) is 11.2. The van der Waals surface area contributed by atoms with Crippen molar-refractivity contribution in [1.29, 1.82) is 0 Å². The van der Waals surface area contributed by atoms with Crippen LogP contribution < -0.4 is 10.6 Å². The summed E-state index contributed by atoms with van der Waals surface area (Å²) in [5, 5.41) is 17.2. The van der Waals surface area contributed by atoms with E-state index in [9.17, 15) is 10.1 Å². The molecule has 0 saturated carbocycles. The Morgan fingerprint density at radius 2 is 1.90 bits per heavy atom. The minimum absolute atomic E-state index is 0.0778. The smallest absolute Gasteiger partial charge is 0.269 e. The maximum absolute atomic E-state index is 10.7. The molecule has 0 spiro atoms. The molecular weight excluding hydrogens is 382 g/mol. The first-order chi connectivity index (χ1) is 14.6. The number of hydrogen-bond acceptors (Lipinski definition) is 5. The Kier molecular flexibility index (Phi) is 6.99. The average Bonchev–Trinajstić information content (AvgIpc) is 3.23. The van der Waals surface area contributed by atoms with Crippen LogP contribution in [0.25, 0.3) is 11.3 Å². The largest absolute Gasteiger partial charge is 0.383 e. The molecule has 9 heteroatoms. The predicted octanol–water partition coefficient (Wildman–Crippen LogP) is 3.10. The van der Waals surface area contributed by atoms with Gasteiger partial charge in [-0.15, -0.1) is 0 Å². The Bertz CT molecular complexity index is 984. The third-order valence-electron chi connectivity index (χ3n) is 4.49. The second kappa shape index (κ2) is 10.1. The highest BCUT2D eigenvalue weighted by atomic mass is 16.6. The molecule has 0 radical (unpaired) electrons. The van der Waals surface area contributed by atoms with Crippen molar-refractivity contribution in [3.8, 4) is 11.3 Å². The van der Waals surface area contributed by atoms with Crippen LogP contribution in [0.15, 0.2) is 65.8 Å². The molecule has 1 aromatic heterocycles. The quantitative estimate of drug-likeness (QED) is 0.174. The number of rotatable bonds is 8. The van der Waals surface area contributed by atoms with Gasteiger partial charge in [0.1, 0.15) is 5.82 Å². The first kappa shape index (κ1) is 20.8. The number of hydrogen-bond donors (Lipinski definition) is 3. The van der Waals surface area contributed by atoms with E-state index >= 15 is 0 Å². The summed E-state index contributed by atoms with van der Waals surface area (Å²) in [6.45, 7) is 1.87. The summed E-state index contributed by atoms with van der Waals surface area (Å²) in [5.41, 5.74) is 2.98. The van der Waals surface area contributed by atoms with Crippen molar-refractivity contribution < 1.29 is 4.92 Å². The molecule has 2 aromatic carbocycles. The number of aromatic amines is 1. The molecule has 3 rings (SSSR count). The maximum atomic E-state index is 10.7. The summed E-state index contributed by atoms with van der Waals surface area (Å²) >= 11 is 0. The summed E-state index contributed by atoms with van der Waals surface area (Å²) < 4.78 is 0. The summed E-state index contributed by atoms with van der Waals surface area (Å²) in [4.78, 5) is 24.4. The molecule has 3 N–H and O–H groups in total. The van der Waals surface area contributed by atoms with Crippen molar-refractivity contribution in [2.45, 2.75) is 6.54 Å². The number of non-ortho nitro benzene ring substituents is 1. The second-order valence-corrected chi connectivity index (χ2v) is 6.67. The van der Waals surface area contributed by atoms with Crippen LogP contribution in [-0.4, -0.2) is 52.9 Å². The number of nitrogens with zero attached hydrogens (tertiary/aromatic N) is 4. The van der Waals surface area contributed by atoms with Gasteiger partial charge in [0.05, 0.1) is 23.4 Å². The SMILES string of the molecule is CN=C(NCCNc1ccc([N+](=O)[O-])cc1)N(C)Cc1ncc(-c2ccccc2)[nH]1. The number of aliphatic imine (C=N–C) groups is 1. The van der Waals surface area contributed by atoms with Crippen LogP contribution in [0.2, 0.25) is 0 Å². The van der Waals surface area contributed by atoms with E-state index in [1.807, 2.05) is 48.5 Å². The van der Waals surface area contributed by atoms with Crippen LogP contribution in [-0.2, 0) is 6.54 Å². The van der Waals surface area contributed by atoms with E-state index in [1.54, 1.807) is 19.2 Å². The third kappa shape index (κ3) is 5.57. The summed E-state index contributed by atoms with van der Waals surface area (Å²) in [7, 11) is 3.68. The van der Waals surface area contributed by atoms with Gasteiger partial charge in [-0.3, -0.25) is 15.1 Å². The monoisotopic (exact) mass is 407 g/mol. The van der Waals surface area contributed by atoms with Crippen LogP contribution in [0.4, 0.5) is 11.4 Å². The highest BCUT2D eigenvalue weighted by molar-refractivity contribution is 5.79. The van der Waals surface area contributed by atoms with Crippen LogP contribution >= 0.6 is 0 Å². The van der Waals surface area contributed by atoms with Crippen molar-refractivity contribution in [2.75, 3.05) is 32.5 Å². The van der Waals surface area contributed by atoms with E-state index in [0.717, 1.165) is 28.7 Å². The van der Waals surface area contributed by atoms with Crippen molar-refractivity contribution in [1.82, 2.24) is 20.2 Å². The van der Waals surface area contributed by atoms with Crippen LogP contribution in [0.1, 0.15) is 5.82 Å². The lowest BCUT2D eigenvalue weighted by Gasteiger charge is -2.21. The molecule has 9 nitrogen and oxygen atoms in total. The van der Waals surface area contributed by atoms with Gasteiger partial charge in [-0.05, 0) is 17.7 Å². The van der Waals surface area contributed by atoms with E-state index in [-0.39, 0.29) is 5.69 Å². The van der Waals surface area contributed by atoms with Crippen LogP contribution in [0, 0.1) is 10.1 Å². The molecule has 0 amide bonds. The lowest BCUT2D eigenvalue weighted by molar-refractivity contribution is -0.384. The number of anilines is 1. The topological polar surface area (TPSA) is 111 Å². The van der Waals surface area contributed by atoms with Crippen molar-refractivity contribution in [3.05, 3.63) is 76.7 Å². The average molecular weight is 407 g/mol. The predicted molar refractivity (Wildman–Crippen MR) is 118 cm³/mol. The second-order valence-electron chi connectivity index (χ2n) is 6.67. The summed E-state index contributed by atoms with van der Waals surface area (Å²) in [6, 6.07) is 16.4. The first-order valence-corrected chi connectivity index (χ1v) is 9.56. The zero-order valence-electron chi connectivity index (χ0n) is 17.0. The molecule has 0 aliphatic carbocycles. The van der Waals surface area contributed by atoms with Gasteiger partial charge in [-0.1, -0.05) is 30.3 Å². The van der Waals surface area contributed by atoms with Gasteiger partial charge in [0.15, 0.2) is 5.96 Å². The van der Waals surface area contributed by atoms with E-state index in [2.05, 4.69) is 25.6 Å². The molecule has 1 heterocycles. The Labute approximate surface area is 175 Å². The summed E-state index contributed by atoms with van der Waals surface area (Å²) in [5.74, 6) is 1.60. The number of aromatic nitrogens is 2. The highest BCUT2D eigenvalue weighted by Crippen LogP contribution is 2.17. The highest BCUT2D eigenvalue weighted by Gasteiger charge is 2.10. The van der Waals surface area contributed by atoms with Crippen LogP contribution in [0.5, 0.6) is 0 Å². The number of imidazole rings is 1. The van der Waals surface area contributed by atoms with E-state index in [0.29, 0.717) is 19.6 Å². The molecule has 3 aromatic rings. The Balaban J connectivity index is 1.46. The van der Waals surface area contributed by atoms with Crippen molar-refractivity contribution >= 4 is 17.3 Å². The lowest BCUT2D eigenvalue weighted by atomic mass is 10.2. The standard InChI is InChI=1S/C21H25N7O2/c1-22-21(24-13-12-23-17-8-10-18(11-9-17)28(29)30)27(2)15-20-25-14-19(26-20)16-6-4-3-5-7-16/h3-11,14,23H,12-13,15H2,1-2H3,(H,22,24)(H,25,26). The molecule has 0 aliphatic heterocycles. The summed E-state index contributed by atoms with van der Waals surface area (Å²) in [6.07, 6.45) is 1.84. The van der Waals surface area contributed by atoms with Gasteiger partial charge in [0.2, 0.25) is 0 Å². The fraction of sp³-hybridized carbons (Fsp3) is 0.238. The molecule has 0 aliphatic rings. The molecule has 0 fully saturated rings. The van der Waals surface area contributed by atoms with Gasteiger partial charge in [-0.2, -0.15) is 0 Å². The number of benzene rings is 2. The van der Waals surface area contributed by atoms with E-state index in [4.69, 9.17) is 0 Å². The molecule has 0 unspecified atom stereocenters.